The summed E-state index contributed by atoms with van der Waals surface area (Å²) in [5, 5.41) is 20.7. The van der Waals surface area contributed by atoms with E-state index >= 15 is 0 Å². The van der Waals surface area contributed by atoms with Crippen LogP contribution < -0.4 is 5.56 Å². The first-order chi connectivity index (χ1) is 14.5. The fraction of sp³-hybridized carbons (Fsp3) is 0.160. The van der Waals surface area contributed by atoms with Gasteiger partial charge in [0.15, 0.2) is 0 Å². The Morgan fingerprint density at radius 1 is 0.900 bits per heavy atom. The van der Waals surface area contributed by atoms with Gasteiger partial charge in [-0.2, -0.15) is 0 Å². The number of phenols is 2. The molecular formula is C25H24N2O3. The highest BCUT2D eigenvalue weighted by Gasteiger charge is 2.11. The van der Waals surface area contributed by atoms with Crippen molar-refractivity contribution < 1.29 is 10.2 Å². The number of likely N-dealkylation sites (N-methyl/N-ethyl adjacent to an activating group) is 1. The maximum Gasteiger partial charge on any atom is 0.255 e. The summed E-state index contributed by atoms with van der Waals surface area (Å²) in [7, 11) is 2.08. The van der Waals surface area contributed by atoms with Crippen LogP contribution in [0.4, 0.5) is 0 Å². The van der Waals surface area contributed by atoms with Gasteiger partial charge in [-0.25, -0.2) is 0 Å². The molecule has 0 spiro atoms. The van der Waals surface area contributed by atoms with E-state index in [9.17, 15) is 15.0 Å². The van der Waals surface area contributed by atoms with Crippen LogP contribution in [0.15, 0.2) is 77.7 Å². The number of H-pyrrole nitrogens is 1. The molecule has 152 valence electrons. The summed E-state index contributed by atoms with van der Waals surface area (Å²) >= 11 is 0. The summed E-state index contributed by atoms with van der Waals surface area (Å²) in [5.41, 5.74) is 3.92. The maximum atomic E-state index is 12.1. The third-order valence-electron chi connectivity index (χ3n) is 5.34. The van der Waals surface area contributed by atoms with Gasteiger partial charge in [0.05, 0.1) is 5.39 Å². The molecule has 0 aliphatic carbocycles. The molecule has 5 nitrogen and oxygen atoms in total. The smallest absolute Gasteiger partial charge is 0.255 e. The molecule has 4 rings (SSSR count). The predicted octanol–water partition coefficient (Wildman–Crippen LogP) is 4.28. The van der Waals surface area contributed by atoms with E-state index in [-0.39, 0.29) is 17.1 Å². The number of pyridine rings is 1. The third-order valence-corrected chi connectivity index (χ3v) is 5.34. The van der Waals surface area contributed by atoms with Crippen LogP contribution in [0.2, 0.25) is 0 Å². The number of aromatic amines is 1. The molecule has 3 N–H and O–H groups in total. The average molecular weight is 400 g/mol. The molecular weight excluding hydrogens is 376 g/mol. The Labute approximate surface area is 174 Å². The van der Waals surface area contributed by atoms with E-state index in [2.05, 4.69) is 29.1 Å². The number of hydrogen-bond donors (Lipinski definition) is 3. The summed E-state index contributed by atoms with van der Waals surface area (Å²) < 4.78 is 0. The van der Waals surface area contributed by atoms with Crippen molar-refractivity contribution in [1.29, 1.82) is 0 Å². The van der Waals surface area contributed by atoms with Gasteiger partial charge in [-0.15, -0.1) is 0 Å². The summed E-state index contributed by atoms with van der Waals surface area (Å²) in [5.74, 6) is 0.388. The molecule has 3 aromatic carbocycles. The summed E-state index contributed by atoms with van der Waals surface area (Å²) in [6, 6.07) is 20.5. The first-order valence-corrected chi connectivity index (χ1v) is 9.90. The van der Waals surface area contributed by atoms with Gasteiger partial charge < -0.3 is 20.1 Å². The Balaban J connectivity index is 1.47. The predicted molar refractivity (Wildman–Crippen MR) is 120 cm³/mol. The van der Waals surface area contributed by atoms with E-state index < -0.39 is 0 Å². The molecule has 0 saturated carbocycles. The Hall–Kier alpha value is -3.57. The Bertz CT molecular complexity index is 1210. The fourth-order valence-electron chi connectivity index (χ4n) is 3.69. The van der Waals surface area contributed by atoms with Crippen LogP contribution in [0.3, 0.4) is 0 Å². The zero-order chi connectivity index (χ0) is 21.1. The lowest BCUT2D eigenvalue weighted by Gasteiger charge is -2.17. The number of nitrogens with one attached hydrogen (secondary N) is 1. The van der Waals surface area contributed by atoms with Crippen molar-refractivity contribution in [2.45, 2.75) is 13.0 Å². The lowest BCUT2D eigenvalue weighted by atomic mass is 9.98. The third kappa shape index (κ3) is 4.21. The monoisotopic (exact) mass is 400 g/mol. The van der Waals surface area contributed by atoms with Crippen molar-refractivity contribution in [2.75, 3.05) is 13.6 Å². The van der Waals surface area contributed by atoms with E-state index in [0.717, 1.165) is 36.2 Å². The molecule has 0 saturated heterocycles. The standard InChI is InChI=1S/C25H24N2O3/c1-27(16-18-7-11-20(28)12-8-18)14-13-17-5-9-19(10-6-17)22-15-26-25(30)21-3-2-4-23(29)24(21)22/h2-12,15,28-29H,13-14,16H2,1H3,(H,26,30). The van der Waals surface area contributed by atoms with Gasteiger partial charge in [0.2, 0.25) is 0 Å². The number of rotatable bonds is 6. The van der Waals surface area contributed by atoms with Crippen molar-refractivity contribution in [2.24, 2.45) is 0 Å². The van der Waals surface area contributed by atoms with Crippen LogP contribution in [-0.4, -0.2) is 33.7 Å². The Morgan fingerprint density at radius 2 is 1.60 bits per heavy atom. The zero-order valence-electron chi connectivity index (χ0n) is 16.8. The van der Waals surface area contributed by atoms with Gasteiger partial charge in [0.1, 0.15) is 11.5 Å². The molecule has 0 atom stereocenters. The number of fused-ring (bicyclic) bond motifs is 1. The number of aromatic hydroxyl groups is 2. The van der Waals surface area contributed by atoms with E-state index in [1.54, 1.807) is 36.5 Å². The normalized spacial score (nSPS) is 11.3. The molecule has 0 unspecified atom stereocenters. The second kappa shape index (κ2) is 8.43. The molecule has 1 heterocycles. The van der Waals surface area contributed by atoms with Gasteiger partial charge in [0.25, 0.3) is 5.56 Å². The maximum absolute atomic E-state index is 12.1. The van der Waals surface area contributed by atoms with Crippen LogP contribution in [0, 0.1) is 0 Å². The lowest BCUT2D eigenvalue weighted by Crippen LogP contribution is -2.20. The molecule has 0 amide bonds. The van der Waals surface area contributed by atoms with E-state index in [4.69, 9.17) is 0 Å². The second-order valence-electron chi connectivity index (χ2n) is 7.58. The first kappa shape index (κ1) is 19.7. The zero-order valence-corrected chi connectivity index (χ0v) is 16.8. The minimum atomic E-state index is -0.210. The van der Waals surface area contributed by atoms with Gasteiger partial charge in [-0.1, -0.05) is 42.5 Å². The summed E-state index contributed by atoms with van der Waals surface area (Å²) in [6.07, 6.45) is 2.57. The van der Waals surface area contributed by atoms with Crippen molar-refractivity contribution >= 4 is 10.8 Å². The molecule has 0 aliphatic heterocycles. The molecule has 30 heavy (non-hydrogen) atoms. The summed E-state index contributed by atoms with van der Waals surface area (Å²) in [6.45, 7) is 1.73. The van der Waals surface area contributed by atoms with Gasteiger partial charge in [-0.3, -0.25) is 4.79 Å². The minimum Gasteiger partial charge on any atom is -0.508 e. The quantitative estimate of drug-likeness (QED) is 0.451. The SMILES string of the molecule is CN(CCc1ccc(-c2c[nH]c(=O)c3cccc(O)c23)cc1)Cc1ccc(O)cc1. The van der Waals surface area contributed by atoms with Crippen LogP contribution in [0.25, 0.3) is 21.9 Å². The van der Waals surface area contributed by atoms with Crippen molar-refractivity contribution in [3.63, 3.8) is 0 Å². The molecule has 0 aliphatic rings. The van der Waals surface area contributed by atoms with Gasteiger partial charge in [-0.05, 0) is 54.4 Å². The first-order valence-electron chi connectivity index (χ1n) is 9.90. The number of hydrogen-bond acceptors (Lipinski definition) is 4. The van der Waals surface area contributed by atoms with Crippen LogP contribution in [0.1, 0.15) is 11.1 Å². The van der Waals surface area contributed by atoms with E-state index in [1.807, 2.05) is 24.3 Å². The highest BCUT2D eigenvalue weighted by molar-refractivity contribution is 5.99. The molecule has 4 aromatic rings. The number of aromatic nitrogens is 1. The van der Waals surface area contributed by atoms with Gasteiger partial charge >= 0.3 is 0 Å². The second-order valence-corrected chi connectivity index (χ2v) is 7.58. The summed E-state index contributed by atoms with van der Waals surface area (Å²) in [4.78, 5) is 17.1. The van der Waals surface area contributed by atoms with Crippen LogP contribution >= 0.6 is 0 Å². The highest BCUT2D eigenvalue weighted by Crippen LogP contribution is 2.32. The van der Waals surface area contributed by atoms with Crippen LogP contribution in [-0.2, 0) is 13.0 Å². The molecule has 0 fully saturated rings. The van der Waals surface area contributed by atoms with Gasteiger partial charge in [0, 0.05) is 30.2 Å². The average Bonchev–Trinajstić information content (AvgIpc) is 2.75. The van der Waals surface area contributed by atoms with E-state index in [1.165, 1.54) is 5.56 Å². The molecule has 1 aromatic heterocycles. The number of nitrogens with zero attached hydrogens (tertiary/aromatic N) is 1. The van der Waals surface area contributed by atoms with Crippen molar-refractivity contribution in [1.82, 2.24) is 9.88 Å². The highest BCUT2D eigenvalue weighted by atomic mass is 16.3. The molecule has 0 radical (unpaired) electrons. The van der Waals surface area contributed by atoms with Crippen LogP contribution in [0.5, 0.6) is 11.5 Å². The number of phenolic OH excluding ortho intramolecular Hbond substituents is 2. The lowest BCUT2D eigenvalue weighted by molar-refractivity contribution is 0.331. The topological polar surface area (TPSA) is 76.6 Å². The Morgan fingerprint density at radius 3 is 2.33 bits per heavy atom. The van der Waals surface area contributed by atoms with Crippen molar-refractivity contribution in [3.8, 4) is 22.6 Å². The Kier molecular flexibility index (Phi) is 5.55. The number of benzene rings is 3. The molecule has 0 bridgehead atoms. The van der Waals surface area contributed by atoms with E-state index in [0.29, 0.717) is 10.8 Å². The molecule has 5 heteroatoms. The van der Waals surface area contributed by atoms with Crippen molar-refractivity contribution in [3.05, 3.63) is 94.4 Å². The fourth-order valence-corrected chi connectivity index (χ4v) is 3.69. The minimum absolute atomic E-state index is 0.105. The largest absolute Gasteiger partial charge is 0.508 e.